The summed E-state index contributed by atoms with van der Waals surface area (Å²) < 4.78 is 15.4. The third-order valence-corrected chi connectivity index (χ3v) is 8.47. The zero-order valence-corrected chi connectivity index (χ0v) is 22.8. The first kappa shape index (κ1) is 27.7. The average molecular weight is 469 g/mol. The second kappa shape index (κ2) is 12.2. The van der Waals surface area contributed by atoms with Crippen LogP contribution in [0.25, 0.3) is 0 Å². The van der Waals surface area contributed by atoms with Crippen molar-refractivity contribution in [1.82, 2.24) is 0 Å². The van der Waals surface area contributed by atoms with Crippen LogP contribution in [0.2, 0.25) is 0 Å². The van der Waals surface area contributed by atoms with E-state index in [1.165, 1.54) is 17.6 Å². The lowest BCUT2D eigenvalue weighted by Crippen LogP contribution is -2.40. The Morgan fingerprint density at radius 2 is 1.85 bits per heavy atom. The average Bonchev–Trinajstić information content (AvgIpc) is 2.74. The molecule has 0 radical (unpaired) electrons. The molecular weight excluding hydrogens is 423 g/mol. The van der Waals surface area contributed by atoms with E-state index in [1.54, 1.807) is 0 Å². The van der Waals surface area contributed by atoms with E-state index in [2.05, 4.69) is 59.9 Å². The Bertz CT molecular complexity index is 900. The first-order chi connectivity index (χ1) is 15.6. The van der Waals surface area contributed by atoms with Crippen LogP contribution in [0.4, 0.5) is 4.39 Å². The first-order valence-electron chi connectivity index (χ1n) is 12.9. The van der Waals surface area contributed by atoms with Crippen LogP contribution in [0.5, 0.6) is 0 Å². The van der Waals surface area contributed by atoms with Gasteiger partial charge in [-0.2, -0.15) is 0 Å². The number of rotatable bonds is 13. The smallest absolute Gasteiger partial charge is 0.129 e. The molecule has 182 valence electrons. The van der Waals surface area contributed by atoms with Crippen molar-refractivity contribution in [2.75, 3.05) is 0 Å². The largest absolute Gasteiger partial charge is 0.206 e. The molecule has 1 saturated carbocycles. The number of hydrogen-bond donors (Lipinski definition) is 0. The molecule has 2 atom stereocenters. The Morgan fingerprint density at radius 1 is 1.21 bits per heavy atom. The highest BCUT2D eigenvalue weighted by Gasteiger charge is 2.45. The number of aryl methyl sites for hydroxylation is 1. The van der Waals surface area contributed by atoms with Crippen LogP contribution < -0.4 is 0 Å². The molecule has 2 rings (SSSR count). The summed E-state index contributed by atoms with van der Waals surface area (Å²) in [5.74, 6) is 0.756. The Balaban J connectivity index is 2.42. The number of hydrogen-bond acceptors (Lipinski definition) is 1. The van der Waals surface area contributed by atoms with Gasteiger partial charge in [-0.15, -0.1) is 6.58 Å². The van der Waals surface area contributed by atoms with E-state index in [1.807, 2.05) is 13.0 Å². The molecule has 0 N–H and O–H groups in total. The van der Waals surface area contributed by atoms with Gasteiger partial charge in [0.15, 0.2) is 0 Å². The minimum atomic E-state index is 0.00797. The number of halogens is 1. The maximum atomic E-state index is 15.4. The third-order valence-electron chi connectivity index (χ3n) is 8.10. The van der Waals surface area contributed by atoms with Crippen LogP contribution in [0.15, 0.2) is 48.1 Å². The summed E-state index contributed by atoms with van der Waals surface area (Å²) in [5, 5.41) is 0. The highest BCUT2D eigenvalue weighted by Crippen LogP contribution is 2.56. The highest BCUT2D eigenvalue weighted by molar-refractivity contribution is 7.80. The van der Waals surface area contributed by atoms with E-state index in [9.17, 15) is 0 Å². The molecule has 1 aromatic carbocycles. The first-order valence-corrected chi connectivity index (χ1v) is 13.3. The van der Waals surface area contributed by atoms with E-state index in [0.717, 1.165) is 78.5 Å². The molecule has 1 aliphatic rings. The van der Waals surface area contributed by atoms with Crippen molar-refractivity contribution in [2.24, 2.45) is 17.3 Å². The number of thiocarbonyl (C=S) groups is 1. The van der Waals surface area contributed by atoms with E-state index in [0.29, 0.717) is 11.8 Å². The SMILES string of the molecule is C=C[C@@H](C)CC(=S)/C(C(=C)C)=C(\C)C1(C(CC)Cc2ccc(CCCC)c(C)c2F)CCC1. The van der Waals surface area contributed by atoms with Gasteiger partial charge < -0.3 is 0 Å². The van der Waals surface area contributed by atoms with Crippen molar-refractivity contribution in [1.29, 1.82) is 0 Å². The fourth-order valence-corrected chi connectivity index (χ4v) is 6.30. The normalized spacial score (nSPS) is 17.5. The van der Waals surface area contributed by atoms with Crippen molar-refractivity contribution in [3.63, 3.8) is 0 Å². The van der Waals surface area contributed by atoms with Gasteiger partial charge in [0.05, 0.1) is 0 Å². The number of unbranched alkanes of at least 4 members (excludes halogenated alkanes) is 1. The van der Waals surface area contributed by atoms with Gasteiger partial charge in [0.1, 0.15) is 5.82 Å². The predicted molar refractivity (Wildman–Crippen MR) is 148 cm³/mol. The van der Waals surface area contributed by atoms with Crippen LogP contribution >= 0.6 is 12.2 Å². The second-order valence-corrected chi connectivity index (χ2v) is 10.9. The molecular formula is C31H45FS. The number of benzene rings is 1. The Labute approximate surface area is 208 Å². The van der Waals surface area contributed by atoms with Crippen molar-refractivity contribution < 1.29 is 4.39 Å². The maximum Gasteiger partial charge on any atom is 0.129 e. The predicted octanol–water partition coefficient (Wildman–Crippen LogP) is 9.69. The monoisotopic (exact) mass is 468 g/mol. The molecule has 0 amide bonds. The molecule has 0 bridgehead atoms. The molecule has 1 unspecified atom stereocenters. The summed E-state index contributed by atoms with van der Waals surface area (Å²) in [6.07, 6.45) is 11.4. The van der Waals surface area contributed by atoms with E-state index >= 15 is 4.39 Å². The van der Waals surface area contributed by atoms with Gasteiger partial charge in [-0.3, -0.25) is 0 Å². The van der Waals surface area contributed by atoms with Crippen LogP contribution in [-0.2, 0) is 12.8 Å². The lowest BCUT2D eigenvalue weighted by molar-refractivity contribution is 0.0879. The zero-order chi connectivity index (χ0) is 24.8. The summed E-state index contributed by atoms with van der Waals surface area (Å²) in [5.41, 5.74) is 6.58. The lowest BCUT2D eigenvalue weighted by Gasteiger charge is -2.50. The molecule has 0 aliphatic heterocycles. The molecule has 33 heavy (non-hydrogen) atoms. The zero-order valence-electron chi connectivity index (χ0n) is 22.0. The second-order valence-electron chi connectivity index (χ2n) is 10.4. The van der Waals surface area contributed by atoms with Gasteiger partial charge in [0.2, 0.25) is 0 Å². The summed E-state index contributed by atoms with van der Waals surface area (Å²) in [6, 6.07) is 4.22. The topological polar surface area (TPSA) is 0 Å². The number of allylic oxidation sites excluding steroid dienone is 4. The van der Waals surface area contributed by atoms with Gasteiger partial charge in [-0.25, -0.2) is 4.39 Å². The summed E-state index contributed by atoms with van der Waals surface area (Å²) in [7, 11) is 0. The maximum absolute atomic E-state index is 15.4. The molecule has 1 aromatic rings. The Morgan fingerprint density at radius 3 is 2.33 bits per heavy atom. The van der Waals surface area contributed by atoms with Gasteiger partial charge in [-0.05, 0) is 104 Å². The summed E-state index contributed by atoms with van der Waals surface area (Å²) >= 11 is 5.92. The molecule has 0 heterocycles. The minimum Gasteiger partial charge on any atom is -0.206 e. The van der Waals surface area contributed by atoms with Crippen molar-refractivity contribution in [2.45, 2.75) is 99.3 Å². The van der Waals surface area contributed by atoms with Crippen molar-refractivity contribution >= 4 is 17.1 Å². The molecule has 2 heteroatoms. The van der Waals surface area contributed by atoms with Crippen molar-refractivity contribution in [3.8, 4) is 0 Å². The van der Waals surface area contributed by atoms with Crippen LogP contribution in [0.1, 0.15) is 96.3 Å². The van der Waals surface area contributed by atoms with Crippen LogP contribution in [0.3, 0.4) is 0 Å². The van der Waals surface area contributed by atoms with E-state index < -0.39 is 0 Å². The van der Waals surface area contributed by atoms with Gasteiger partial charge >= 0.3 is 0 Å². The molecule has 0 spiro atoms. The van der Waals surface area contributed by atoms with E-state index in [4.69, 9.17) is 12.2 Å². The standard InChI is InChI=1S/C31H45FS/c1-9-12-14-25-15-16-26(30(32)23(25)7)20-27(11-3)31(17-13-18-31)24(8)29(21(4)5)28(33)19-22(6)10-2/h10,15-16,22,27H,2,4,9,11-14,17-20H2,1,3,5-8H3/b29-24+/t22-,27?/m1/s1. The lowest BCUT2D eigenvalue weighted by atomic mass is 9.54. The van der Waals surface area contributed by atoms with Crippen molar-refractivity contribution in [3.05, 3.63) is 70.6 Å². The fourth-order valence-electron chi connectivity index (χ4n) is 5.71. The fraction of sp³-hybridized carbons (Fsp3) is 0.581. The van der Waals surface area contributed by atoms with Gasteiger partial charge in [0, 0.05) is 4.86 Å². The van der Waals surface area contributed by atoms with Gasteiger partial charge in [0.25, 0.3) is 0 Å². The van der Waals surface area contributed by atoms with Crippen LogP contribution in [0, 0.1) is 30.0 Å². The van der Waals surface area contributed by atoms with Gasteiger partial charge in [-0.1, -0.05) is 82.6 Å². The third kappa shape index (κ3) is 6.13. The molecule has 0 saturated heterocycles. The highest BCUT2D eigenvalue weighted by atomic mass is 32.1. The molecule has 1 aliphatic carbocycles. The Hall–Kier alpha value is -1.54. The summed E-state index contributed by atoms with van der Waals surface area (Å²) in [4.78, 5) is 0.996. The minimum absolute atomic E-state index is 0.00797. The van der Waals surface area contributed by atoms with E-state index in [-0.39, 0.29) is 11.2 Å². The summed E-state index contributed by atoms with van der Waals surface area (Å²) in [6.45, 7) is 21.1. The quantitative estimate of drug-likeness (QED) is 0.120. The van der Waals surface area contributed by atoms with Crippen LogP contribution in [-0.4, -0.2) is 4.86 Å². The Kier molecular flexibility index (Phi) is 10.3. The molecule has 0 aromatic heterocycles. The molecule has 1 fully saturated rings. The molecule has 0 nitrogen and oxygen atoms in total.